The fourth-order valence-corrected chi connectivity index (χ4v) is 4.89. The number of rotatable bonds is 6. The van der Waals surface area contributed by atoms with Gasteiger partial charge >= 0.3 is 0 Å². The summed E-state index contributed by atoms with van der Waals surface area (Å²) in [5.41, 5.74) is 3.74. The number of ether oxygens (including phenoxy) is 1. The minimum Gasteiger partial charge on any atom is -0.487 e. The Labute approximate surface area is 179 Å². The number of nitrogens with one attached hydrogen (secondary N) is 1. The molecular weight excluding hydrogens is 394 g/mol. The van der Waals surface area contributed by atoms with Crippen molar-refractivity contribution in [3.63, 3.8) is 0 Å². The molecule has 1 aliphatic rings. The molecule has 3 heterocycles. The van der Waals surface area contributed by atoms with E-state index < -0.39 is 0 Å². The maximum Gasteiger partial charge on any atom is 0.170 e. The molecular formula is C24H21N3O2S. The fraction of sp³-hybridized carbons (Fsp3) is 0.167. The van der Waals surface area contributed by atoms with E-state index in [-0.39, 0.29) is 11.7 Å². The number of nitrogens with zero attached hydrogens (tertiary/aromatic N) is 2. The van der Waals surface area contributed by atoms with E-state index in [1.54, 1.807) is 18.1 Å². The fourth-order valence-electron chi connectivity index (χ4n) is 3.73. The topological polar surface area (TPSA) is 58.2 Å². The second-order valence-electron chi connectivity index (χ2n) is 7.28. The van der Waals surface area contributed by atoms with Crippen LogP contribution in [-0.4, -0.2) is 28.0 Å². The monoisotopic (exact) mass is 415 g/mol. The van der Waals surface area contributed by atoms with Gasteiger partial charge in [-0.05, 0) is 35.7 Å². The number of benzene rings is 2. The Morgan fingerprint density at radius 3 is 2.87 bits per heavy atom. The van der Waals surface area contributed by atoms with Gasteiger partial charge in [0.2, 0.25) is 0 Å². The third kappa shape index (κ3) is 3.66. The predicted molar refractivity (Wildman–Crippen MR) is 121 cm³/mol. The average molecular weight is 416 g/mol. The van der Waals surface area contributed by atoms with E-state index in [0.29, 0.717) is 13.2 Å². The van der Waals surface area contributed by atoms with Gasteiger partial charge in [0.15, 0.2) is 5.78 Å². The Balaban J connectivity index is 1.34. The first kappa shape index (κ1) is 18.8. The third-order valence-electron chi connectivity index (χ3n) is 5.30. The van der Waals surface area contributed by atoms with E-state index in [1.807, 2.05) is 73.1 Å². The molecule has 5 rings (SSSR count). The molecule has 1 aliphatic heterocycles. The number of carbonyl (C=O) groups excluding carboxylic acids is 1. The van der Waals surface area contributed by atoms with Crippen molar-refractivity contribution in [2.24, 2.45) is 5.92 Å². The summed E-state index contributed by atoms with van der Waals surface area (Å²) in [7, 11) is 0. The second kappa shape index (κ2) is 8.24. The summed E-state index contributed by atoms with van der Waals surface area (Å²) in [6.07, 6.45) is 5.41. The van der Waals surface area contributed by atoms with Crippen molar-refractivity contribution < 1.29 is 9.53 Å². The van der Waals surface area contributed by atoms with Crippen LogP contribution in [0.2, 0.25) is 0 Å². The van der Waals surface area contributed by atoms with Crippen LogP contribution in [0.3, 0.4) is 0 Å². The van der Waals surface area contributed by atoms with Gasteiger partial charge in [-0.2, -0.15) is 0 Å². The van der Waals surface area contributed by atoms with Crippen molar-refractivity contribution in [2.45, 2.75) is 6.61 Å². The summed E-state index contributed by atoms with van der Waals surface area (Å²) in [4.78, 5) is 20.7. The van der Waals surface area contributed by atoms with E-state index in [4.69, 9.17) is 4.74 Å². The van der Waals surface area contributed by atoms with Gasteiger partial charge < -0.3 is 14.0 Å². The number of para-hydroxylation sites is 1. The van der Waals surface area contributed by atoms with Gasteiger partial charge in [0, 0.05) is 35.6 Å². The number of pyridine rings is 1. The highest BCUT2D eigenvalue weighted by atomic mass is 32.2. The summed E-state index contributed by atoms with van der Waals surface area (Å²) >= 11 is 1.68. The molecule has 0 saturated carbocycles. The van der Waals surface area contributed by atoms with Crippen LogP contribution in [-0.2, 0) is 6.61 Å². The number of hydrogen-bond acceptors (Lipinski definition) is 5. The number of H-pyrrole nitrogens is 1. The van der Waals surface area contributed by atoms with Crippen LogP contribution in [0, 0.1) is 5.92 Å². The van der Waals surface area contributed by atoms with Crippen LogP contribution in [0.4, 0.5) is 5.69 Å². The number of hydrogen-bond donors (Lipinski definition) is 1. The van der Waals surface area contributed by atoms with Gasteiger partial charge in [0.1, 0.15) is 12.4 Å². The molecule has 2 aromatic carbocycles. The summed E-state index contributed by atoms with van der Waals surface area (Å²) in [5.74, 6) is 1.64. The zero-order valence-electron chi connectivity index (χ0n) is 16.3. The van der Waals surface area contributed by atoms with Gasteiger partial charge in [-0.1, -0.05) is 42.5 Å². The van der Waals surface area contributed by atoms with Crippen molar-refractivity contribution in [1.29, 1.82) is 0 Å². The number of anilines is 1. The van der Waals surface area contributed by atoms with Gasteiger partial charge in [-0.25, -0.2) is 0 Å². The van der Waals surface area contributed by atoms with Crippen LogP contribution in [0.5, 0.6) is 5.75 Å². The Morgan fingerprint density at radius 1 is 1.13 bits per heavy atom. The number of fused-ring (bicyclic) bond motifs is 1. The zero-order valence-corrected chi connectivity index (χ0v) is 17.1. The first-order chi connectivity index (χ1) is 14.8. The van der Waals surface area contributed by atoms with E-state index >= 15 is 0 Å². The number of aromatic nitrogens is 2. The minimum absolute atomic E-state index is 0.0527. The standard InChI is InChI=1S/C24H21N3O2S/c28-24(18-14-27(30-16-18)19-8-5-11-25-12-19)21-13-26-23-20(21)9-4-10-22(23)29-15-17-6-2-1-3-7-17/h1-13,18,26H,14-16H2. The van der Waals surface area contributed by atoms with E-state index in [2.05, 4.69) is 14.3 Å². The van der Waals surface area contributed by atoms with E-state index in [9.17, 15) is 4.79 Å². The lowest BCUT2D eigenvalue weighted by molar-refractivity contribution is 0.0942. The molecule has 0 amide bonds. The molecule has 0 spiro atoms. The maximum absolute atomic E-state index is 13.3. The van der Waals surface area contributed by atoms with Crippen LogP contribution >= 0.6 is 11.9 Å². The molecule has 0 radical (unpaired) electrons. The van der Waals surface area contributed by atoms with Crippen LogP contribution in [0.15, 0.2) is 79.3 Å². The Hall–Kier alpha value is -3.25. The Bertz CT molecular complexity index is 1160. The summed E-state index contributed by atoms with van der Waals surface area (Å²) < 4.78 is 8.19. The van der Waals surface area contributed by atoms with Crippen LogP contribution in [0.1, 0.15) is 15.9 Å². The highest BCUT2D eigenvalue weighted by molar-refractivity contribution is 8.00. The second-order valence-corrected chi connectivity index (χ2v) is 8.32. The van der Waals surface area contributed by atoms with Crippen molar-refractivity contribution in [1.82, 2.24) is 9.97 Å². The van der Waals surface area contributed by atoms with E-state index in [0.717, 1.165) is 39.2 Å². The van der Waals surface area contributed by atoms with Crippen molar-refractivity contribution >= 4 is 34.3 Å². The molecule has 2 aromatic heterocycles. The largest absolute Gasteiger partial charge is 0.487 e. The molecule has 1 fully saturated rings. The molecule has 6 heteroatoms. The quantitative estimate of drug-likeness (QED) is 0.350. The number of aromatic amines is 1. The van der Waals surface area contributed by atoms with Gasteiger partial charge in [0.25, 0.3) is 0 Å². The van der Waals surface area contributed by atoms with Crippen molar-refractivity contribution in [3.05, 3.63) is 90.4 Å². The molecule has 5 nitrogen and oxygen atoms in total. The lowest BCUT2D eigenvalue weighted by Crippen LogP contribution is -2.22. The highest BCUT2D eigenvalue weighted by Crippen LogP contribution is 2.35. The summed E-state index contributed by atoms with van der Waals surface area (Å²) in [5, 5.41) is 0.912. The number of Topliss-reactive ketones (excluding diaryl/α,β-unsaturated/α-hetero) is 1. The van der Waals surface area contributed by atoms with Crippen LogP contribution in [0.25, 0.3) is 10.9 Å². The highest BCUT2D eigenvalue weighted by Gasteiger charge is 2.31. The molecule has 1 atom stereocenters. The average Bonchev–Trinajstić information content (AvgIpc) is 3.47. The first-order valence-electron chi connectivity index (χ1n) is 9.91. The molecule has 1 N–H and O–H groups in total. The molecule has 4 aromatic rings. The molecule has 30 heavy (non-hydrogen) atoms. The SMILES string of the molecule is O=C(c1c[nH]c2c(OCc3ccccc3)cccc12)C1CSN(c2cccnc2)C1. The zero-order chi connectivity index (χ0) is 20.3. The minimum atomic E-state index is -0.0527. The first-order valence-corrected chi connectivity index (χ1v) is 10.9. The number of ketones is 1. The molecule has 0 aliphatic carbocycles. The lowest BCUT2D eigenvalue weighted by atomic mass is 9.98. The van der Waals surface area contributed by atoms with E-state index in [1.165, 1.54) is 0 Å². The Kier molecular flexibility index (Phi) is 5.15. The van der Waals surface area contributed by atoms with Gasteiger partial charge in [-0.15, -0.1) is 0 Å². The smallest absolute Gasteiger partial charge is 0.170 e. The predicted octanol–water partition coefficient (Wildman–Crippen LogP) is 5.11. The molecule has 1 unspecified atom stereocenters. The molecule has 1 saturated heterocycles. The molecule has 0 bridgehead atoms. The Morgan fingerprint density at radius 2 is 2.03 bits per heavy atom. The number of carbonyl (C=O) groups is 1. The van der Waals surface area contributed by atoms with Gasteiger partial charge in [-0.3, -0.25) is 9.78 Å². The summed E-state index contributed by atoms with van der Waals surface area (Å²) in [6.45, 7) is 1.17. The van der Waals surface area contributed by atoms with Crippen LogP contribution < -0.4 is 9.04 Å². The van der Waals surface area contributed by atoms with Gasteiger partial charge in [0.05, 0.1) is 23.3 Å². The maximum atomic E-state index is 13.3. The normalized spacial score (nSPS) is 16.1. The summed E-state index contributed by atoms with van der Waals surface area (Å²) in [6, 6.07) is 19.9. The lowest BCUT2D eigenvalue weighted by Gasteiger charge is -2.15. The van der Waals surface area contributed by atoms with Crippen molar-refractivity contribution in [2.75, 3.05) is 16.6 Å². The van der Waals surface area contributed by atoms with Crippen molar-refractivity contribution in [3.8, 4) is 5.75 Å². The molecule has 150 valence electrons. The third-order valence-corrected chi connectivity index (χ3v) is 6.53.